The largest absolute Gasteiger partial charge is 0.480 e. The highest BCUT2D eigenvalue weighted by atomic mass is 16.4. The molecule has 0 saturated carbocycles. The molecular weight excluding hydrogens is 408 g/mol. The lowest BCUT2D eigenvalue weighted by atomic mass is 10.1. The van der Waals surface area contributed by atoms with Crippen LogP contribution in [0.2, 0.25) is 0 Å². The third-order valence-corrected chi connectivity index (χ3v) is 4.37. The SMILES string of the molecule is CC(NC(=O)C(C)NC(=O)C(CCCCN)NC(=O)C(N)CCCN=C(N)N)C(=O)O. The van der Waals surface area contributed by atoms with Gasteiger partial charge in [0.1, 0.15) is 18.1 Å². The number of carboxylic acids is 1. The van der Waals surface area contributed by atoms with E-state index in [0.717, 1.165) is 0 Å². The van der Waals surface area contributed by atoms with Gasteiger partial charge in [0.15, 0.2) is 5.96 Å². The summed E-state index contributed by atoms with van der Waals surface area (Å²) in [6.07, 6.45) is 2.32. The third-order valence-electron chi connectivity index (χ3n) is 4.37. The quantitative estimate of drug-likeness (QED) is 0.0731. The molecule has 0 spiro atoms. The minimum atomic E-state index is -1.20. The Balaban J connectivity index is 4.89. The van der Waals surface area contributed by atoms with E-state index in [1.807, 2.05) is 0 Å². The number of nitrogens with one attached hydrogen (secondary N) is 3. The van der Waals surface area contributed by atoms with Crippen molar-refractivity contribution in [3.8, 4) is 0 Å². The Labute approximate surface area is 181 Å². The second-order valence-corrected chi connectivity index (χ2v) is 7.20. The smallest absolute Gasteiger partial charge is 0.325 e. The number of nitrogens with zero attached hydrogens (tertiary/aromatic N) is 1. The van der Waals surface area contributed by atoms with Gasteiger partial charge in [-0.25, -0.2) is 0 Å². The Bertz CT molecular complexity index is 638. The molecule has 0 bridgehead atoms. The molecule has 0 radical (unpaired) electrons. The highest BCUT2D eigenvalue weighted by Gasteiger charge is 2.27. The first kappa shape index (κ1) is 28.1. The van der Waals surface area contributed by atoms with Crippen LogP contribution in [0, 0.1) is 0 Å². The lowest BCUT2D eigenvalue weighted by molar-refractivity contribution is -0.141. The zero-order valence-corrected chi connectivity index (χ0v) is 18.1. The number of rotatable bonds is 15. The van der Waals surface area contributed by atoms with Gasteiger partial charge in [-0.15, -0.1) is 0 Å². The molecule has 0 saturated heterocycles. The maximum absolute atomic E-state index is 12.6. The lowest BCUT2D eigenvalue weighted by Crippen LogP contribution is -2.56. The van der Waals surface area contributed by atoms with E-state index in [-0.39, 0.29) is 5.96 Å². The number of carbonyl (C=O) groups excluding carboxylic acids is 3. The molecule has 0 rings (SSSR count). The fourth-order valence-electron chi connectivity index (χ4n) is 2.47. The summed E-state index contributed by atoms with van der Waals surface area (Å²) in [6, 6.07) is -3.90. The Morgan fingerprint density at radius 2 is 1.48 bits per heavy atom. The van der Waals surface area contributed by atoms with Gasteiger partial charge in [0.05, 0.1) is 6.04 Å². The number of guanidine groups is 1. The summed E-state index contributed by atoms with van der Waals surface area (Å²) in [5, 5.41) is 16.2. The Morgan fingerprint density at radius 1 is 0.871 bits per heavy atom. The van der Waals surface area contributed by atoms with Gasteiger partial charge in [0.25, 0.3) is 0 Å². The molecule has 13 nitrogen and oxygen atoms in total. The predicted molar refractivity (Wildman–Crippen MR) is 116 cm³/mol. The van der Waals surface area contributed by atoms with Crippen LogP contribution in [0.3, 0.4) is 0 Å². The van der Waals surface area contributed by atoms with Crippen molar-refractivity contribution in [3.63, 3.8) is 0 Å². The van der Waals surface area contributed by atoms with Gasteiger partial charge in [-0.05, 0) is 52.5 Å². The molecule has 0 aromatic rings. The molecule has 31 heavy (non-hydrogen) atoms. The van der Waals surface area contributed by atoms with E-state index in [4.69, 9.17) is 28.0 Å². The number of amides is 3. The summed E-state index contributed by atoms with van der Waals surface area (Å²) in [6.45, 7) is 3.47. The fraction of sp³-hybridized carbons (Fsp3) is 0.722. The molecule has 0 aliphatic rings. The molecule has 0 heterocycles. The Kier molecular flexibility index (Phi) is 13.5. The fourth-order valence-corrected chi connectivity index (χ4v) is 2.47. The number of nitrogens with two attached hydrogens (primary N) is 4. The molecule has 0 aromatic heterocycles. The molecule has 178 valence electrons. The lowest BCUT2D eigenvalue weighted by Gasteiger charge is -2.23. The third kappa shape index (κ3) is 12.4. The van der Waals surface area contributed by atoms with Crippen molar-refractivity contribution >= 4 is 29.7 Å². The average Bonchev–Trinajstić information content (AvgIpc) is 2.69. The first-order valence-electron chi connectivity index (χ1n) is 10.1. The molecule has 0 fully saturated rings. The predicted octanol–water partition coefficient (Wildman–Crippen LogP) is -2.92. The van der Waals surface area contributed by atoms with Gasteiger partial charge in [0.2, 0.25) is 17.7 Å². The Morgan fingerprint density at radius 3 is 2.03 bits per heavy atom. The standard InChI is InChI=1S/C18H36N8O5/c1-10(14(27)25-11(2)17(30)31)24-16(29)13(7-3-4-8-19)26-15(28)12(20)6-5-9-23-18(21)22/h10-13H,3-9,19-20H2,1-2H3,(H,24,29)(H,25,27)(H,26,28)(H,30,31)(H4,21,22,23). The van der Waals surface area contributed by atoms with Crippen molar-refractivity contribution in [1.82, 2.24) is 16.0 Å². The number of hydrogen-bond acceptors (Lipinski definition) is 7. The maximum Gasteiger partial charge on any atom is 0.325 e. The van der Waals surface area contributed by atoms with E-state index in [1.54, 1.807) is 0 Å². The van der Waals surface area contributed by atoms with Crippen molar-refractivity contribution < 1.29 is 24.3 Å². The van der Waals surface area contributed by atoms with Crippen LogP contribution < -0.4 is 38.9 Å². The summed E-state index contributed by atoms with van der Waals surface area (Å²) in [5.41, 5.74) is 21.8. The van der Waals surface area contributed by atoms with Crippen LogP contribution in [0.5, 0.6) is 0 Å². The number of hydrogen-bond donors (Lipinski definition) is 8. The Hall–Kier alpha value is -2.93. The second kappa shape index (κ2) is 15.0. The van der Waals surface area contributed by atoms with Crippen LogP contribution >= 0.6 is 0 Å². The summed E-state index contributed by atoms with van der Waals surface area (Å²) in [4.78, 5) is 51.7. The first-order chi connectivity index (χ1) is 14.5. The van der Waals surface area contributed by atoms with Crippen LogP contribution in [0.15, 0.2) is 4.99 Å². The highest BCUT2D eigenvalue weighted by Crippen LogP contribution is 2.04. The van der Waals surface area contributed by atoms with E-state index in [0.29, 0.717) is 45.2 Å². The molecule has 12 N–H and O–H groups in total. The van der Waals surface area contributed by atoms with Crippen LogP contribution in [0.4, 0.5) is 0 Å². The van der Waals surface area contributed by atoms with Crippen molar-refractivity contribution in [1.29, 1.82) is 0 Å². The minimum Gasteiger partial charge on any atom is -0.480 e. The molecule has 4 atom stereocenters. The van der Waals surface area contributed by atoms with E-state index in [2.05, 4.69) is 20.9 Å². The molecule has 3 amide bonds. The number of unbranched alkanes of at least 4 members (excludes halogenated alkanes) is 1. The zero-order valence-electron chi connectivity index (χ0n) is 18.1. The summed E-state index contributed by atoms with van der Waals surface area (Å²) in [7, 11) is 0. The molecule has 0 aromatic carbocycles. The minimum absolute atomic E-state index is 0.0504. The van der Waals surface area contributed by atoms with Crippen molar-refractivity contribution in [2.24, 2.45) is 27.9 Å². The monoisotopic (exact) mass is 444 g/mol. The first-order valence-corrected chi connectivity index (χ1v) is 10.1. The zero-order chi connectivity index (χ0) is 24.0. The number of carboxylic acid groups (broad SMARTS) is 1. The van der Waals surface area contributed by atoms with Crippen LogP contribution in [-0.2, 0) is 19.2 Å². The molecule has 4 unspecified atom stereocenters. The van der Waals surface area contributed by atoms with Crippen molar-refractivity contribution in [2.75, 3.05) is 13.1 Å². The van der Waals surface area contributed by atoms with Gasteiger partial charge < -0.3 is 44.0 Å². The number of carbonyl (C=O) groups is 4. The van der Waals surface area contributed by atoms with Gasteiger partial charge in [-0.2, -0.15) is 0 Å². The topological polar surface area (TPSA) is 241 Å². The summed E-state index contributed by atoms with van der Waals surface area (Å²) in [5.74, 6) is -3.01. The highest BCUT2D eigenvalue weighted by molar-refractivity contribution is 5.93. The van der Waals surface area contributed by atoms with Crippen molar-refractivity contribution in [3.05, 3.63) is 0 Å². The van der Waals surface area contributed by atoms with Gasteiger partial charge in [-0.1, -0.05) is 0 Å². The summed E-state index contributed by atoms with van der Waals surface area (Å²) >= 11 is 0. The van der Waals surface area contributed by atoms with E-state index in [9.17, 15) is 19.2 Å². The van der Waals surface area contributed by atoms with Crippen LogP contribution in [-0.4, -0.2) is 72.0 Å². The van der Waals surface area contributed by atoms with Gasteiger partial charge in [0, 0.05) is 6.54 Å². The van der Waals surface area contributed by atoms with E-state index < -0.39 is 47.9 Å². The van der Waals surface area contributed by atoms with Crippen LogP contribution in [0.1, 0.15) is 46.0 Å². The van der Waals surface area contributed by atoms with E-state index >= 15 is 0 Å². The number of aliphatic imine (C=N–C) groups is 1. The molecule has 0 aliphatic carbocycles. The number of aliphatic carboxylic acids is 1. The molecular formula is C18H36N8O5. The normalized spacial score (nSPS) is 14.5. The van der Waals surface area contributed by atoms with Gasteiger partial charge >= 0.3 is 5.97 Å². The van der Waals surface area contributed by atoms with Gasteiger partial charge in [-0.3, -0.25) is 24.2 Å². The maximum atomic E-state index is 12.6. The summed E-state index contributed by atoms with van der Waals surface area (Å²) < 4.78 is 0. The molecule has 13 heteroatoms. The van der Waals surface area contributed by atoms with Crippen LogP contribution in [0.25, 0.3) is 0 Å². The second-order valence-electron chi connectivity index (χ2n) is 7.20. The van der Waals surface area contributed by atoms with E-state index in [1.165, 1.54) is 13.8 Å². The molecule has 0 aliphatic heterocycles. The van der Waals surface area contributed by atoms with Crippen molar-refractivity contribution in [2.45, 2.75) is 70.1 Å². The average molecular weight is 445 g/mol.